The number of aromatic nitrogens is 2. The summed E-state index contributed by atoms with van der Waals surface area (Å²) in [5.74, 6) is -2.27. The highest BCUT2D eigenvalue weighted by Crippen LogP contribution is 2.34. The fraction of sp³-hybridized carbons (Fsp3) is 0.0455. The second kappa shape index (κ2) is 8.87. The summed E-state index contributed by atoms with van der Waals surface area (Å²) in [5.41, 5.74) is 3.68. The highest BCUT2D eigenvalue weighted by atomic mass is 32.1. The molecule has 0 aliphatic rings. The van der Waals surface area contributed by atoms with Crippen LogP contribution in [0.3, 0.4) is 0 Å². The molecule has 0 aliphatic carbocycles. The van der Waals surface area contributed by atoms with Gasteiger partial charge in [0, 0.05) is 5.56 Å². The van der Waals surface area contributed by atoms with Crippen molar-refractivity contribution in [1.82, 2.24) is 20.6 Å². The van der Waals surface area contributed by atoms with Crippen LogP contribution in [-0.2, 0) is 6.18 Å². The Balaban J connectivity index is 1.53. The van der Waals surface area contributed by atoms with Gasteiger partial charge in [-0.1, -0.05) is 18.2 Å². The minimum atomic E-state index is -4.62. The van der Waals surface area contributed by atoms with E-state index in [0.29, 0.717) is 10.6 Å². The van der Waals surface area contributed by atoms with Gasteiger partial charge in [0.2, 0.25) is 0 Å². The number of carbonyl (C=O) groups excluding carboxylic acids is 2. The molecule has 0 unspecified atom stereocenters. The normalized spacial score (nSPS) is 11.3. The molecule has 168 valence electrons. The minimum absolute atomic E-state index is 0.119. The van der Waals surface area contributed by atoms with E-state index in [0.717, 1.165) is 16.8 Å². The monoisotopic (exact) mass is 474 g/mol. The van der Waals surface area contributed by atoms with Gasteiger partial charge in [0.25, 0.3) is 11.8 Å². The van der Waals surface area contributed by atoms with E-state index in [1.807, 2.05) is 0 Å². The van der Waals surface area contributed by atoms with Crippen LogP contribution in [-0.4, -0.2) is 21.6 Å². The highest BCUT2D eigenvalue weighted by molar-refractivity contribution is 7.13. The quantitative estimate of drug-likeness (QED) is 0.329. The molecular formula is C22H14F4N4O2S. The fourth-order valence-corrected chi connectivity index (χ4v) is 3.70. The zero-order chi connectivity index (χ0) is 23.6. The van der Waals surface area contributed by atoms with Crippen molar-refractivity contribution in [2.75, 3.05) is 0 Å². The lowest BCUT2D eigenvalue weighted by atomic mass is 10.2. The van der Waals surface area contributed by atoms with Crippen molar-refractivity contribution in [3.63, 3.8) is 0 Å². The Kier molecular flexibility index (Phi) is 5.97. The maximum atomic E-state index is 13.7. The predicted octanol–water partition coefficient (Wildman–Crippen LogP) is 4.83. The van der Waals surface area contributed by atoms with Gasteiger partial charge in [0.05, 0.1) is 21.8 Å². The van der Waals surface area contributed by atoms with Crippen molar-refractivity contribution in [2.24, 2.45) is 0 Å². The van der Waals surface area contributed by atoms with Gasteiger partial charge in [-0.2, -0.15) is 18.3 Å². The number of alkyl halides is 3. The summed E-state index contributed by atoms with van der Waals surface area (Å²) in [6.45, 7) is 0. The number of amides is 2. The minimum Gasteiger partial charge on any atom is -0.267 e. The Hall–Kier alpha value is -3.99. The van der Waals surface area contributed by atoms with Crippen LogP contribution >= 0.6 is 11.3 Å². The predicted molar refractivity (Wildman–Crippen MR) is 113 cm³/mol. The second-order valence-corrected chi connectivity index (χ2v) is 7.68. The van der Waals surface area contributed by atoms with Crippen molar-refractivity contribution < 1.29 is 27.2 Å². The third-order valence-electron chi connectivity index (χ3n) is 4.56. The Bertz CT molecular complexity index is 1300. The van der Waals surface area contributed by atoms with E-state index in [9.17, 15) is 27.2 Å². The third kappa shape index (κ3) is 4.77. The smallest absolute Gasteiger partial charge is 0.267 e. The van der Waals surface area contributed by atoms with Crippen molar-refractivity contribution in [1.29, 1.82) is 0 Å². The van der Waals surface area contributed by atoms with E-state index in [1.54, 1.807) is 17.5 Å². The zero-order valence-electron chi connectivity index (χ0n) is 16.6. The van der Waals surface area contributed by atoms with Gasteiger partial charge in [-0.25, -0.2) is 9.07 Å². The molecule has 0 spiro atoms. The Labute approximate surface area is 188 Å². The molecule has 2 amide bonds. The molecule has 0 saturated carbocycles. The molecule has 0 aliphatic heterocycles. The molecule has 4 aromatic rings. The van der Waals surface area contributed by atoms with Crippen LogP contribution in [0.1, 0.15) is 26.4 Å². The molecule has 2 aromatic heterocycles. The van der Waals surface area contributed by atoms with Gasteiger partial charge in [-0.05, 0) is 53.9 Å². The first kappa shape index (κ1) is 22.2. The number of hydrogen-bond acceptors (Lipinski definition) is 4. The topological polar surface area (TPSA) is 76.0 Å². The van der Waals surface area contributed by atoms with E-state index < -0.39 is 29.5 Å². The lowest BCUT2D eigenvalue weighted by molar-refractivity contribution is -0.141. The number of benzene rings is 2. The Morgan fingerprint density at radius 3 is 2.24 bits per heavy atom. The van der Waals surface area contributed by atoms with E-state index in [4.69, 9.17) is 0 Å². The van der Waals surface area contributed by atoms with Gasteiger partial charge in [-0.3, -0.25) is 20.4 Å². The number of hydrogen-bond donors (Lipinski definition) is 2. The number of carbonyl (C=O) groups is 2. The molecule has 33 heavy (non-hydrogen) atoms. The van der Waals surface area contributed by atoms with Gasteiger partial charge in [-0.15, -0.1) is 11.3 Å². The van der Waals surface area contributed by atoms with Crippen molar-refractivity contribution >= 4 is 23.2 Å². The van der Waals surface area contributed by atoms with Crippen LogP contribution in [0.15, 0.2) is 72.1 Å². The average molecular weight is 474 g/mol. The Morgan fingerprint density at radius 2 is 1.61 bits per heavy atom. The van der Waals surface area contributed by atoms with Gasteiger partial charge >= 0.3 is 6.18 Å². The summed E-state index contributed by atoms with van der Waals surface area (Å²) in [6.07, 6.45) is -4.62. The zero-order valence-corrected chi connectivity index (χ0v) is 17.4. The molecule has 4 rings (SSSR count). The van der Waals surface area contributed by atoms with Gasteiger partial charge in [0.15, 0.2) is 5.69 Å². The van der Waals surface area contributed by atoms with Crippen LogP contribution in [0, 0.1) is 5.82 Å². The number of nitrogens with zero attached hydrogens (tertiary/aromatic N) is 2. The molecule has 11 heteroatoms. The van der Waals surface area contributed by atoms with E-state index >= 15 is 0 Å². The van der Waals surface area contributed by atoms with Crippen molar-refractivity contribution in [2.45, 2.75) is 6.18 Å². The van der Waals surface area contributed by atoms with Gasteiger partial charge in [0.1, 0.15) is 5.82 Å². The standard InChI is InChI=1S/C22H14F4N4O2S/c23-16-5-2-1-4-15(16)21(32)28-27-20(31)13-7-9-14(10-8-13)30-17(18-6-3-11-33-18)12-19(29-30)22(24,25)26/h1-12H,(H,27,31)(H,28,32). The maximum absolute atomic E-state index is 13.7. The molecule has 0 atom stereocenters. The van der Waals surface area contributed by atoms with Crippen molar-refractivity contribution in [3.05, 3.63) is 94.7 Å². The number of halogens is 4. The molecule has 0 fully saturated rings. The molecule has 2 heterocycles. The summed E-state index contributed by atoms with van der Waals surface area (Å²) in [7, 11) is 0. The summed E-state index contributed by atoms with van der Waals surface area (Å²) >= 11 is 1.27. The van der Waals surface area contributed by atoms with Crippen LogP contribution in [0.2, 0.25) is 0 Å². The molecule has 2 aromatic carbocycles. The van der Waals surface area contributed by atoms with E-state index in [1.165, 1.54) is 53.8 Å². The number of rotatable bonds is 4. The number of hydrazine groups is 1. The molecule has 0 bridgehead atoms. The molecule has 6 nitrogen and oxygen atoms in total. The van der Waals surface area contributed by atoms with Crippen LogP contribution in [0.25, 0.3) is 16.3 Å². The van der Waals surface area contributed by atoms with E-state index in [-0.39, 0.29) is 16.8 Å². The van der Waals surface area contributed by atoms with Crippen LogP contribution in [0.4, 0.5) is 17.6 Å². The van der Waals surface area contributed by atoms with Crippen molar-refractivity contribution in [3.8, 4) is 16.3 Å². The lowest BCUT2D eigenvalue weighted by Crippen LogP contribution is -2.41. The summed E-state index contributed by atoms with van der Waals surface area (Å²) in [4.78, 5) is 24.9. The summed E-state index contributed by atoms with van der Waals surface area (Å²) < 4.78 is 54.5. The van der Waals surface area contributed by atoms with E-state index in [2.05, 4.69) is 16.0 Å². The SMILES string of the molecule is O=C(NNC(=O)c1ccccc1F)c1ccc(-n2nc(C(F)(F)F)cc2-c2cccs2)cc1. The lowest BCUT2D eigenvalue weighted by Gasteiger charge is -2.10. The molecule has 2 N–H and O–H groups in total. The van der Waals surface area contributed by atoms with Gasteiger partial charge < -0.3 is 0 Å². The molecule has 0 radical (unpaired) electrons. The maximum Gasteiger partial charge on any atom is 0.435 e. The first-order valence-electron chi connectivity index (χ1n) is 9.41. The van der Waals surface area contributed by atoms with Crippen LogP contribution < -0.4 is 10.9 Å². The first-order valence-corrected chi connectivity index (χ1v) is 10.3. The molecule has 0 saturated heterocycles. The summed E-state index contributed by atoms with van der Waals surface area (Å²) in [5, 5.41) is 5.43. The first-order chi connectivity index (χ1) is 15.7. The van der Waals surface area contributed by atoms with Crippen LogP contribution in [0.5, 0.6) is 0 Å². The molecular weight excluding hydrogens is 460 g/mol. The Morgan fingerprint density at radius 1 is 0.909 bits per heavy atom. The second-order valence-electron chi connectivity index (χ2n) is 6.74. The number of thiophene rings is 1. The largest absolute Gasteiger partial charge is 0.435 e. The third-order valence-corrected chi connectivity index (χ3v) is 5.45. The fourth-order valence-electron chi connectivity index (χ4n) is 2.97. The summed E-state index contributed by atoms with van der Waals surface area (Å²) in [6, 6.07) is 15.2. The number of nitrogens with one attached hydrogen (secondary N) is 2. The average Bonchev–Trinajstić information content (AvgIpc) is 3.47. The highest BCUT2D eigenvalue weighted by Gasteiger charge is 2.35.